The fourth-order valence-corrected chi connectivity index (χ4v) is 4.50. The van der Waals surface area contributed by atoms with Crippen LogP contribution >= 0.6 is 0 Å². The summed E-state index contributed by atoms with van der Waals surface area (Å²) in [5, 5.41) is 11.4. The molecule has 0 saturated carbocycles. The monoisotopic (exact) mass is 536 g/mol. The van der Waals surface area contributed by atoms with Crippen LogP contribution in [0.1, 0.15) is 44.9 Å². The molecule has 3 rings (SSSR count). The van der Waals surface area contributed by atoms with Crippen molar-refractivity contribution in [3.63, 3.8) is 0 Å². The number of Topliss-reactive ketones (excluding diaryl/α,β-unsaturated/α-hetero) is 1. The van der Waals surface area contributed by atoms with E-state index in [0.29, 0.717) is 60.6 Å². The Bertz CT molecular complexity index is 1180. The van der Waals surface area contributed by atoms with Crippen molar-refractivity contribution in [1.82, 2.24) is 9.80 Å². The molecule has 0 aliphatic carbocycles. The minimum absolute atomic E-state index is 0.0391. The molecule has 8 nitrogen and oxygen atoms in total. The second-order valence-electron chi connectivity index (χ2n) is 9.76. The number of likely N-dealkylation sites (tertiary alicyclic amines) is 1. The third-order valence-corrected chi connectivity index (χ3v) is 6.66. The first-order valence-corrected chi connectivity index (χ1v) is 13.4. The van der Waals surface area contributed by atoms with E-state index in [1.807, 2.05) is 0 Å². The van der Waals surface area contributed by atoms with E-state index in [1.165, 1.54) is 12.0 Å². The number of hydrogen-bond acceptors (Lipinski definition) is 7. The molecule has 0 spiro atoms. The topological polar surface area (TPSA) is 88.5 Å². The number of ether oxygens (including phenoxy) is 3. The Labute approximate surface area is 231 Å². The smallest absolute Gasteiger partial charge is 0.295 e. The number of ketones is 1. The Kier molecular flexibility index (Phi) is 10.6. The van der Waals surface area contributed by atoms with E-state index >= 15 is 0 Å². The highest BCUT2D eigenvalue weighted by Gasteiger charge is 2.46. The predicted molar refractivity (Wildman–Crippen MR) is 152 cm³/mol. The molecule has 1 fully saturated rings. The van der Waals surface area contributed by atoms with Gasteiger partial charge in [0.05, 0.1) is 25.3 Å². The summed E-state index contributed by atoms with van der Waals surface area (Å²) < 4.78 is 17.0. The van der Waals surface area contributed by atoms with E-state index in [0.717, 1.165) is 13.1 Å². The van der Waals surface area contributed by atoms with Crippen molar-refractivity contribution in [3.8, 4) is 17.2 Å². The van der Waals surface area contributed by atoms with Crippen LogP contribution in [-0.2, 0) is 9.59 Å². The molecule has 1 amide bonds. The first kappa shape index (κ1) is 29.8. The average molecular weight is 537 g/mol. The lowest BCUT2D eigenvalue weighted by atomic mass is 9.95. The molecule has 0 bridgehead atoms. The summed E-state index contributed by atoms with van der Waals surface area (Å²) in [6.07, 6.45) is 1.63. The maximum atomic E-state index is 13.4. The number of benzene rings is 2. The van der Waals surface area contributed by atoms with Gasteiger partial charge in [-0.25, -0.2) is 0 Å². The van der Waals surface area contributed by atoms with Crippen LogP contribution in [0.4, 0.5) is 0 Å². The zero-order valence-corrected chi connectivity index (χ0v) is 23.6. The number of amides is 1. The Hall–Kier alpha value is -3.78. The molecule has 2 aromatic rings. The summed E-state index contributed by atoms with van der Waals surface area (Å²) >= 11 is 0. The fraction of sp³-hybridized carbons (Fsp3) is 0.419. The van der Waals surface area contributed by atoms with E-state index < -0.39 is 17.7 Å². The molecule has 1 heterocycles. The van der Waals surface area contributed by atoms with Gasteiger partial charge in [-0.1, -0.05) is 46.4 Å². The molecule has 8 heteroatoms. The maximum absolute atomic E-state index is 13.4. The number of rotatable bonds is 14. The second kappa shape index (κ2) is 13.8. The van der Waals surface area contributed by atoms with Gasteiger partial charge in [0.15, 0.2) is 11.5 Å². The Morgan fingerprint density at radius 1 is 1.08 bits per heavy atom. The Morgan fingerprint density at radius 2 is 1.77 bits per heavy atom. The number of carbonyl (C=O) groups is 2. The maximum Gasteiger partial charge on any atom is 0.295 e. The van der Waals surface area contributed by atoms with Crippen LogP contribution in [-0.4, -0.2) is 73.1 Å². The molecule has 210 valence electrons. The quantitative estimate of drug-likeness (QED) is 0.156. The predicted octanol–water partition coefficient (Wildman–Crippen LogP) is 5.06. The van der Waals surface area contributed by atoms with Crippen LogP contribution in [0.3, 0.4) is 0 Å². The van der Waals surface area contributed by atoms with Crippen LogP contribution in [0, 0.1) is 5.92 Å². The molecule has 1 saturated heterocycles. The van der Waals surface area contributed by atoms with Crippen LogP contribution in [0.5, 0.6) is 17.2 Å². The summed E-state index contributed by atoms with van der Waals surface area (Å²) in [6, 6.07) is 11.4. The zero-order valence-electron chi connectivity index (χ0n) is 23.6. The molecule has 1 aliphatic rings. The number of methoxy groups -OCH3 is 1. The number of aliphatic hydroxyl groups excluding tert-OH is 1. The third-order valence-electron chi connectivity index (χ3n) is 6.66. The van der Waals surface area contributed by atoms with Crippen LogP contribution in [0.25, 0.3) is 5.76 Å². The summed E-state index contributed by atoms with van der Waals surface area (Å²) in [4.78, 5) is 30.4. The minimum Gasteiger partial charge on any atom is -0.507 e. The molecular formula is C31H40N2O6. The number of nitrogens with zero attached hydrogens (tertiary/aromatic N) is 2. The molecule has 1 unspecified atom stereocenters. The first-order valence-electron chi connectivity index (χ1n) is 13.4. The van der Waals surface area contributed by atoms with Gasteiger partial charge in [-0.05, 0) is 61.0 Å². The van der Waals surface area contributed by atoms with Gasteiger partial charge in [-0.2, -0.15) is 0 Å². The van der Waals surface area contributed by atoms with E-state index in [-0.39, 0.29) is 11.3 Å². The molecule has 39 heavy (non-hydrogen) atoms. The zero-order chi connectivity index (χ0) is 28.5. The fourth-order valence-electron chi connectivity index (χ4n) is 4.50. The number of hydrogen-bond donors (Lipinski definition) is 1. The van der Waals surface area contributed by atoms with Crippen molar-refractivity contribution in [2.24, 2.45) is 5.92 Å². The molecule has 0 radical (unpaired) electrons. The Balaban J connectivity index is 2.07. The number of carbonyl (C=O) groups excluding carboxylic acids is 2. The highest BCUT2D eigenvalue weighted by atomic mass is 16.5. The van der Waals surface area contributed by atoms with E-state index in [4.69, 9.17) is 14.2 Å². The SMILES string of the molecule is C=CCOc1ccc(C2C(=C(O)c3ccc(OCC(C)C)cc3)C(=O)C(=O)N2CCN(CC)CC)cc1OC. The van der Waals surface area contributed by atoms with Crippen molar-refractivity contribution in [1.29, 1.82) is 0 Å². The molecular weight excluding hydrogens is 496 g/mol. The summed E-state index contributed by atoms with van der Waals surface area (Å²) in [6.45, 7) is 15.3. The van der Waals surface area contributed by atoms with Crippen LogP contribution in [0.15, 0.2) is 60.7 Å². The second-order valence-corrected chi connectivity index (χ2v) is 9.76. The number of aliphatic hydroxyl groups is 1. The van der Waals surface area contributed by atoms with E-state index in [1.54, 1.807) is 48.5 Å². The van der Waals surface area contributed by atoms with Crippen molar-refractivity contribution in [2.45, 2.75) is 33.7 Å². The lowest BCUT2D eigenvalue weighted by Gasteiger charge is -2.28. The molecule has 1 atom stereocenters. The average Bonchev–Trinajstić information content (AvgIpc) is 3.20. The van der Waals surface area contributed by atoms with E-state index in [9.17, 15) is 14.7 Å². The van der Waals surface area contributed by atoms with Crippen LogP contribution in [0.2, 0.25) is 0 Å². The van der Waals surface area contributed by atoms with Gasteiger partial charge in [0, 0.05) is 18.7 Å². The summed E-state index contributed by atoms with van der Waals surface area (Å²) in [5.74, 6) is 0.408. The lowest BCUT2D eigenvalue weighted by Crippen LogP contribution is -2.38. The van der Waals surface area contributed by atoms with E-state index in [2.05, 4.69) is 39.2 Å². The molecule has 2 aromatic carbocycles. The molecule has 1 aliphatic heterocycles. The third kappa shape index (κ3) is 7.00. The summed E-state index contributed by atoms with van der Waals surface area (Å²) in [7, 11) is 1.53. The van der Waals surface area contributed by atoms with Gasteiger partial charge in [-0.15, -0.1) is 0 Å². The van der Waals surface area contributed by atoms with Crippen molar-refractivity contribution < 1.29 is 28.9 Å². The molecule has 1 N–H and O–H groups in total. The van der Waals surface area contributed by atoms with Gasteiger partial charge >= 0.3 is 0 Å². The van der Waals surface area contributed by atoms with Crippen molar-refractivity contribution in [2.75, 3.05) is 46.5 Å². The summed E-state index contributed by atoms with van der Waals surface area (Å²) in [5.41, 5.74) is 1.10. The Morgan fingerprint density at radius 3 is 2.36 bits per heavy atom. The van der Waals surface area contributed by atoms with Gasteiger partial charge in [0.2, 0.25) is 0 Å². The lowest BCUT2D eigenvalue weighted by molar-refractivity contribution is -0.140. The van der Waals surface area contributed by atoms with Crippen molar-refractivity contribution in [3.05, 3.63) is 71.8 Å². The van der Waals surface area contributed by atoms with Gasteiger partial charge < -0.3 is 29.1 Å². The normalized spacial score (nSPS) is 16.7. The largest absolute Gasteiger partial charge is 0.507 e. The van der Waals surface area contributed by atoms with Gasteiger partial charge in [-0.3, -0.25) is 9.59 Å². The molecule has 0 aromatic heterocycles. The standard InChI is InChI=1S/C31H40N2O6/c1-7-18-38-25-15-12-23(19-26(25)37-6)28-27(30(35)31(36)33(28)17-16-32(8-2)9-3)29(34)22-10-13-24(14-11-22)39-20-21(4)5/h7,10-15,19,21,28,34H,1,8-9,16-18,20H2,2-6H3. The van der Waals surface area contributed by atoms with Gasteiger partial charge in [0.25, 0.3) is 11.7 Å². The highest BCUT2D eigenvalue weighted by Crippen LogP contribution is 2.42. The first-order chi connectivity index (χ1) is 18.7. The van der Waals surface area contributed by atoms with Crippen molar-refractivity contribution >= 4 is 17.4 Å². The number of likely N-dealkylation sites (N-methyl/N-ethyl adjacent to an activating group) is 1. The van der Waals surface area contributed by atoms with Gasteiger partial charge in [0.1, 0.15) is 18.1 Å². The minimum atomic E-state index is -0.792. The highest BCUT2D eigenvalue weighted by molar-refractivity contribution is 6.46. The van der Waals surface area contributed by atoms with Crippen LogP contribution < -0.4 is 14.2 Å².